The molecule has 2 aromatic carbocycles. The number of benzene rings is 2. The van der Waals surface area contributed by atoms with Gasteiger partial charge in [-0.3, -0.25) is 0 Å². The lowest BCUT2D eigenvalue weighted by atomic mass is 10.3. The third kappa shape index (κ3) is 4.77. The lowest BCUT2D eigenvalue weighted by Crippen LogP contribution is -2.22. The SMILES string of the molecule is CN(C)S(=O)(=O)c1ccc(OCCOc2ccc(Cl)cc2Cl)cc1. The molecule has 0 aliphatic carbocycles. The van der Waals surface area contributed by atoms with Crippen LogP contribution in [0.1, 0.15) is 0 Å². The van der Waals surface area contributed by atoms with Crippen LogP contribution in [0.5, 0.6) is 11.5 Å². The molecule has 0 unspecified atom stereocenters. The molecule has 24 heavy (non-hydrogen) atoms. The minimum absolute atomic E-state index is 0.212. The average molecular weight is 390 g/mol. The molecule has 0 saturated carbocycles. The predicted octanol–water partition coefficient (Wildman–Crippen LogP) is 3.70. The van der Waals surface area contributed by atoms with Crippen molar-refractivity contribution in [3.63, 3.8) is 0 Å². The van der Waals surface area contributed by atoms with E-state index in [0.717, 1.165) is 4.31 Å². The van der Waals surface area contributed by atoms with Crippen molar-refractivity contribution in [2.75, 3.05) is 27.3 Å². The Balaban J connectivity index is 1.87. The summed E-state index contributed by atoms with van der Waals surface area (Å²) in [6.07, 6.45) is 0. The number of ether oxygens (including phenoxy) is 2. The zero-order valence-corrected chi connectivity index (χ0v) is 15.5. The maximum Gasteiger partial charge on any atom is 0.242 e. The van der Waals surface area contributed by atoms with Gasteiger partial charge in [-0.25, -0.2) is 12.7 Å². The molecule has 0 heterocycles. The van der Waals surface area contributed by atoms with Crippen LogP contribution in [0, 0.1) is 0 Å². The van der Waals surface area contributed by atoms with Crippen molar-refractivity contribution < 1.29 is 17.9 Å². The van der Waals surface area contributed by atoms with Gasteiger partial charge in [-0.15, -0.1) is 0 Å². The Bertz CT molecular complexity index is 792. The van der Waals surface area contributed by atoms with E-state index in [1.165, 1.54) is 26.2 Å². The number of nitrogens with zero attached hydrogens (tertiary/aromatic N) is 1. The summed E-state index contributed by atoms with van der Waals surface area (Å²) in [4.78, 5) is 0.212. The predicted molar refractivity (Wildman–Crippen MR) is 94.8 cm³/mol. The van der Waals surface area contributed by atoms with E-state index >= 15 is 0 Å². The molecule has 0 radical (unpaired) electrons. The van der Waals surface area contributed by atoms with E-state index < -0.39 is 10.0 Å². The van der Waals surface area contributed by atoms with Gasteiger partial charge in [-0.1, -0.05) is 23.2 Å². The summed E-state index contributed by atoms with van der Waals surface area (Å²) < 4.78 is 36.1. The van der Waals surface area contributed by atoms with Gasteiger partial charge in [0.05, 0.1) is 9.92 Å². The highest BCUT2D eigenvalue weighted by molar-refractivity contribution is 7.89. The molecule has 0 fully saturated rings. The molecule has 0 spiro atoms. The lowest BCUT2D eigenvalue weighted by Gasteiger charge is -2.12. The van der Waals surface area contributed by atoms with Crippen molar-refractivity contribution in [2.24, 2.45) is 0 Å². The fourth-order valence-electron chi connectivity index (χ4n) is 1.82. The Labute approximate surface area is 151 Å². The van der Waals surface area contributed by atoms with Crippen molar-refractivity contribution in [3.8, 4) is 11.5 Å². The molecule has 0 amide bonds. The molecule has 8 heteroatoms. The number of halogens is 2. The Morgan fingerprint density at radius 3 is 2.17 bits per heavy atom. The molecule has 2 aromatic rings. The second-order valence-electron chi connectivity index (χ2n) is 5.03. The number of rotatable bonds is 7. The van der Waals surface area contributed by atoms with Gasteiger partial charge in [0.25, 0.3) is 0 Å². The monoisotopic (exact) mass is 389 g/mol. The second-order valence-corrected chi connectivity index (χ2v) is 8.03. The van der Waals surface area contributed by atoms with Crippen LogP contribution in [0.15, 0.2) is 47.4 Å². The van der Waals surface area contributed by atoms with Crippen LogP contribution in [-0.2, 0) is 10.0 Å². The lowest BCUT2D eigenvalue weighted by molar-refractivity contribution is 0.217. The standard InChI is InChI=1S/C16H17Cl2NO4S/c1-19(2)24(20,21)14-6-4-13(5-7-14)22-9-10-23-16-8-3-12(17)11-15(16)18/h3-8,11H,9-10H2,1-2H3. The second kappa shape index (κ2) is 8.07. The first-order chi connectivity index (χ1) is 11.3. The van der Waals surface area contributed by atoms with Gasteiger partial charge in [-0.2, -0.15) is 0 Å². The third-order valence-electron chi connectivity index (χ3n) is 3.11. The molecule has 0 saturated heterocycles. The van der Waals surface area contributed by atoms with Crippen LogP contribution < -0.4 is 9.47 Å². The zero-order valence-electron chi connectivity index (χ0n) is 13.2. The van der Waals surface area contributed by atoms with Gasteiger partial charge >= 0.3 is 0 Å². The highest BCUT2D eigenvalue weighted by Gasteiger charge is 2.16. The first kappa shape index (κ1) is 18.9. The van der Waals surface area contributed by atoms with Crippen molar-refractivity contribution in [1.82, 2.24) is 4.31 Å². The minimum Gasteiger partial charge on any atom is -0.490 e. The molecule has 0 aliphatic rings. The molecule has 0 aliphatic heterocycles. The van der Waals surface area contributed by atoms with E-state index in [2.05, 4.69) is 0 Å². The first-order valence-electron chi connectivity index (χ1n) is 7.04. The summed E-state index contributed by atoms with van der Waals surface area (Å²) in [6, 6.07) is 11.2. The van der Waals surface area contributed by atoms with E-state index in [1.807, 2.05) is 0 Å². The van der Waals surface area contributed by atoms with Crippen molar-refractivity contribution in [1.29, 1.82) is 0 Å². The maximum atomic E-state index is 12.0. The average Bonchev–Trinajstić information content (AvgIpc) is 2.53. The van der Waals surface area contributed by atoms with Gasteiger partial charge in [0.1, 0.15) is 24.7 Å². The molecule has 2 rings (SSSR count). The first-order valence-corrected chi connectivity index (χ1v) is 9.23. The Morgan fingerprint density at radius 1 is 0.958 bits per heavy atom. The van der Waals surface area contributed by atoms with Gasteiger partial charge in [0.15, 0.2) is 0 Å². The summed E-state index contributed by atoms with van der Waals surface area (Å²) in [7, 11) is -0.465. The molecule has 0 bridgehead atoms. The number of sulfonamides is 1. The van der Waals surface area contributed by atoms with Crippen LogP contribution in [-0.4, -0.2) is 40.0 Å². The topological polar surface area (TPSA) is 55.8 Å². The Kier molecular flexibility index (Phi) is 6.34. The molecular weight excluding hydrogens is 373 g/mol. The third-order valence-corrected chi connectivity index (χ3v) is 5.47. The van der Waals surface area contributed by atoms with Crippen LogP contribution in [0.3, 0.4) is 0 Å². The highest BCUT2D eigenvalue weighted by Crippen LogP contribution is 2.27. The van der Waals surface area contributed by atoms with Crippen molar-refractivity contribution in [3.05, 3.63) is 52.5 Å². The van der Waals surface area contributed by atoms with Gasteiger partial charge in [0.2, 0.25) is 10.0 Å². The Hall–Kier alpha value is -1.47. The minimum atomic E-state index is -3.44. The van der Waals surface area contributed by atoms with Crippen LogP contribution in [0.2, 0.25) is 10.0 Å². The quantitative estimate of drug-likeness (QED) is 0.677. The van der Waals surface area contributed by atoms with Crippen LogP contribution in [0.4, 0.5) is 0 Å². The molecular formula is C16H17Cl2NO4S. The summed E-state index contributed by atoms with van der Waals surface area (Å²) in [5.74, 6) is 1.08. The fourth-order valence-corrected chi connectivity index (χ4v) is 3.19. The highest BCUT2D eigenvalue weighted by atomic mass is 35.5. The van der Waals surface area contributed by atoms with Gasteiger partial charge < -0.3 is 9.47 Å². The van der Waals surface area contributed by atoms with E-state index in [9.17, 15) is 8.42 Å². The smallest absolute Gasteiger partial charge is 0.242 e. The van der Waals surface area contributed by atoms with E-state index in [-0.39, 0.29) is 4.90 Å². The van der Waals surface area contributed by atoms with Crippen molar-refractivity contribution in [2.45, 2.75) is 4.90 Å². The Morgan fingerprint density at radius 2 is 1.58 bits per heavy atom. The molecule has 0 N–H and O–H groups in total. The summed E-state index contributed by atoms with van der Waals surface area (Å²) in [5, 5.41) is 0.970. The fraction of sp³-hybridized carbons (Fsp3) is 0.250. The van der Waals surface area contributed by atoms with Gasteiger partial charge in [0, 0.05) is 19.1 Å². The van der Waals surface area contributed by atoms with Crippen LogP contribution in [0.25, 0.3) is 0 Å². The number of hydrogen-bond acceptors (Lipinski definition) is 4. The molecule has 5 nitrogen and oxygen atoms in total. The van der Waals surface area contributed by atoms with Crippen molar-refractivity contribution >= 4 is 33.2 Å². The zero-order chi connectivity index (χ0) is 17.7. The molecule has 0 atom stereocenters. The largest absolute Gasteiger partial charge is 0.490 e. The summed E-state index contributed by atoms with van der Waals surface area (Å²) >= 11 is 11.8. The maximum absolute atomic E-state index is 12.0. The van der Waals surface area contributed by atoms with E-state index in [4.69, 9.17) is 32.7 Å². The van der Waals surface area contributed by atoms with Gasteiger partial charge in [-0.05, 0) is 42.5 Å². The van der Waals surface area contributed by atoms with E-state index in [0.29, 0.717) is 34.8 Å². The summed E-state index contributed by atoms with van der Waals surface area (Å²) in [5.41, 5.74) is 0. The number of hydrogen-bond donors (Lipinski definition) is 0. The normalized spacial score (nSPS) is 11.5. The molecule has 0 aromatic heterocycles. The summed E-state index contributed by atoms with van der Waals surface area (Å²) in [6.45, 7) is 0.581. The van der Waals surface area contributed by atoms with Crippen LogP contribution >= 0.6 is 23.2 Å². The van der Waals surface area contributed by atoms with E-state index in [1.54, 1.807) is 30.3 Å². The molecule has 130 valence electrons.